The number of rotatable bonds is 14. The van der Waals surface area contributed by atoms with Gasteiger partial charge in [0.25, 0.3) is 0 Å². The monoisotopic (exact) mass is 597 g/mol. The van der Waals surface area contributed by atoms with Gasteiger partial charge in [-0.3, -0.25) is 13.9 Å². The highest BCUT2D eigenvalue weighted by Crippen LogP contribution is 2.28. The second kappa shape index (κ2) is 15.0. The molecule has 3 aromatic carbocycles. The molecule has 9 heteroatoms. The highest BCUT2D eigenvalue weighted by Gasteiger charge is 2.30. The molecule has 0 aliphatic heterocycles. The van der Waals surface area contributed by atoms with Crippen LogP contribution in [-0.2, 0) is 32.6 Å². The van der Waals surface area contributed by atoms with Crippen molar-refractivity contribution in [2.75, 3.05) is 23.7 Å². The van der Waals surface area contributed by atoms with Crippen molar-refractivity contribution < 1.29 is 18.0 Å². The summed E-state index contributed by atoms with van der Waals surface area (Å²) in [5, 5.41) is 3.45. The fourth-order valence-electron chi connectivity index (χ4n) is 4.74. The topological polar surface area (TPSA) is 86.8 Å². The van der Waals surface area contributed by atoms with Crippen molar-refractivity contribution in [1.82, 2.24) is 10.2 Å². The lowest BCUT2D eigenvalue weighted by molar-refractivity contribution is -0.141. The van der Waals surface area contributed by atoms with Crippen molar-refractivity contribution in [2.45, 2.75) is 59.0 Å². The first kappa shape index (κ1) is 32.2. The fraction of sp³-hybridized carbons (Fsp3) is 0.375. The normalized spacial score (nSPS) is 12.0. The highest BCUT2D eigenvalue weighted by atomic mass is 35.5. The average Bonchev–Trinajstić information content (AvgIpc) is 2.94. The van der Waals surface area contributed by atoms with Gasteiger partial charge in [-0.15, -0.1) is 0 Å². The van der Waals surface area contributed by atoms with E-state index in [1.54, 1.807) is 30.0 Å². The van der Waals surface area contributed by atoms with Gasteiger partial charge in [-0.25, -0.2) is 8.42 Å². The van der Waals surface area contributed by atoms with Crippen LogP contribution in [0.25, 0.3) is 0 Å². The van der Waals surface area contributed by atoms with E-state index in [1.165, 1.54) is 4.31 Å². The third-order valence-corrected chi connectivity index (χ3v) is 8.67. The summed E-state index contributed by atoms with van der Waals surface area (Å²) in [5.74, 6) is -0.415. The molecule has 1 N–H and O–H groups in total. The lowest BCUT2D eigenvalue weighted by atomic mass is 10.0. The maximum absolute atomic E-state index is 13.9. The first-order chi connectivity index (χ1) is 19.5. The molecule has 220 valence electrons. The van der Waals surface area contributed by atoms with Crippen LogP contribution >= 0.6 is 11.6 Å². The standard InChI is InChI=1S/C32H40ClN3O4S/c1-5-20-34-32(38)30(22-26-14-7-6-8-15-26)35(23-27-16-10-9-13-24(27)2)31(37)19-12-21-36(41(4,39)40)29-18-11-17-28(33)25(29)3/h6-11,13-18,30H,5,12,19-23H2,1-4H3,(H,34,38)/t30-/m1/s1. The van der Waals surface area contributed by atoms with Crippen LogP contribution in [0.1, 0.15) is 48.4 Å². The zero-order chi connectivity index (χ0) is 30.0. The number of hydrogen-bond donors (Lipinski definition) is 1. The van der Waals surface area contributed by atoms with Crippen molar-refractivity contribution in [2.24, 2.45) is 0 Å². The molecule has 2 amide bonds. The molecule has 0 heterocycles. The Morgan fingerprint density at radius 3 is 2.29 bits per heavy atom. The third kappa shape index (κ3) is 9.07. The molecule has 0 bridgehead atoms. The second-order valence-electron chi connectivity index (χ2n) is 10.3. The van der Waals surface area contributed by atoms with Crippen molar-refractivity contribution in [3.05, 3.63) is 100 Å². The summed E-state index contributed by atoms with van der Waals surface area (Å²) in [4.78, 5) is 29.1. The Morgan fingerprint density at radius 2 is 1.63 bits per heavy atom. The van der Waals surface area contributed by atoms with Crippen molar-refractivity contribution in [3.8, 4) is 0 Å². The Balaban J connectivity index is 1.90. The van der Waals surface area contributed by atoms with Gasteiger partial charge in [0.2, 0.25) is 21.8 Å². The van der Waals surface area contributed by atoms with Crippen LogP contribution in [0.2, 0.25) is 5.02 Å². The smallest absolute Gasteiger partial charge is 0.243 e. The van der Waals surface area contributed by atoms with Crippen molar-refractivity contribution in [1.29, 1.82) is 0 Å². The van der Waals surface area contributed by atoms with E-state index in [2.05, 4.69) is 5.32 Å². The molecule has 0 spiro atoms. The first-order valence-electron chi connectivity index (χ1n) is 13.9. The van der Waals surface area contributed by atoms with Gasteiger partial charge < -0.3 is 10.2 Å². The Hall–Kier alpha value is -3.36. The van der Waals surface area contributed by atoms with E-state index in [4.69, 9.17) is 11.6 Å². The molecule has 0 saturated carbocycles. The minimum Gasteiger partial charge on any atom is -0.354 e. The van der Waals surface area contributed by atoms with E-state index in [0.717, 1.165) is 29.4 Å². The predicted octanol–water partition coefficient (Wildman–Crippen LogP) is 5.67. The number of carbonyl (C=O) groups is 2. The molecule has 41 heavy (non-hydrogen) atoms. The number of carbonyl (C=O) groups excluding carboxylic acids is 2. The molecule has 0 saturated heterocycles. The van der Waals surface area contributed by atoms with Gasteiger partial charge in [0.15, 0.2) is 0 Å². The number of hydrogen-bond acceptors (Lipinski definition) is 4. The number of halogens is 1. The van der Waals surface area contributed by atoms with E-state index < -0.39 is 16.1 Å². The third-order valence-electron chi connectivity index (χ3n) is 7.08. The second-order valence-corrected chi connectivity index (χ2v) is 12.6. The number of benzene rings is 3. The Labute approximate surface area is 249 Å². The zero-order valence-electron chi connectivity index (χ0n) is 24.3. The number of nitrogens with one attached hydrogen (secondary N) is 1. The summed E-state index contributed by atoms with van der Waals surface area (Å²) in [7, 11) is -3.62. The van der Waals surface area contributed by atoms with Gasteiger partial charge in [0, 0.05) is 37.5 Å². The average molecular weight is 598 g/mol. The van der Waals surface area contributed by atoms with Gasteiger partial charge in [-0.2, -0.15) is 0 Å². The molecular formula is C32H40ClN3O4S. The molecule has 3 rings (SSSR count). The molecule has 0 unspecified atom stereocenters. The SMILES string of the molecule is CCCNC(=O)[C@@H](Cc1ccccc1)N(Cc1ccccc1C)C(=O)CCCN(c1cccc(Cl)c1C)S(C)(=O)=O. The van der Waals surface area contributed by atoms with Gasteiger partial charge in [-0.05, 0) is 61.1 Å². The quantitative estimate of drug-likeness (QED) is 0.259. The maximum Gasteiger partial charge on any atom is 0.243 e. The number of anilines is 1. The summed E-state index contributed by atoms with van der Waals surface area (Å²) in [6, 6.07) is 21.9. The summed E-state index contributed by atoms with van der Waals surface area (Å²) >= 11 is 6.27. The van der Waals surface area contributed by atoms with Gasteiger partial charge in [-0.1, -0.05) is 79.2 Å². The van der Waals surface area contributed by atoms with Gasteiger partial charge in [0.05, 0.1) is 11.9 Å². The van der Waals surface area contributed by atoms with E-state index in [9.17, 15) is 18.0 Å². The van der Waals surface area contributed by atoms with Gasteiger partial charge in [0.1, 0.15) is 6.04 Å². The number of sulfonamides is 1. The molecule has 3 aromatic rings. The number of amides is 2. The van der Waals surface area contributed by atoms with Crippen LogP contribution in [0, 0.1) is 13.8 Å². The molecule has 0 aromatic heterocycles. The molecule has 0 aliphatic rings. The predicted molar refractivity (Wildman–Crippen MR) is 167 cm³/mol. The van der Waals surface area contributed by atoms with Crippen LogP contribution < -0.4 is 9.62 Å². The molecule has 7 nitrogen and oxygen atoms in total. The largest absolute Gasteiger partial charge is 0.354 e. The molecule has 1 atom stereocenters. The lowest BCUT2D eigenvalue weighted by Gasteiger charge is -2.32. The highest BCUT2D eigenvalue weighted by molar-refractivity contribution is 7.92. The van der Waals surface area contributed by atoms with Crippen LogP contribution in [0.3, 0.4) is 0 Å². The minimum atomic E-state index is -3.62. The van der Waals surface area contributed by atoms with Crippen molar-refractivity contribution in [3.63, 3.8) is 0 Å². The number of nitrogens with zero attached hydrogens (tertiary/aromatic N) is 2. The fourth-order valence-corrected chi connectivity index (χ4v) is 5.93. The Kier molecular flexibility index (Phi) is 11.8. The molecule has 0 fully saturated rings. The van der Waals surface area contributed by atoms with E-state index in [1.807, 2.05) is 68.4 Å². The Bertz CT molecular complexity index is 1430. The summed E-state index contributed by atoms with van der Waals surface area (Å²) in [6.45, 7) is 6.63. The van der Waals surface area contributed by atoms with Gasteiger partial charge >= 0.3 is 0 Å². The van der Waals surface area contributed by atoms with Crippen molar-refractivity contribution >= 4 is 39.1 Å². The number of aryl methyl sites for hydroxylation is 1. The van der Waals surface area contributed by atoms with Crippen LogP contribution in [0.5, 0.6) is 0 Å². The summed E-state index contributed by atoms with van der Waals surface area (Å²) in [6.07, 6.45) is 2.64. The zero-order valence-corrected chi connectivity index (χ0v) is 25.8. The van der Waals surface area contributed by atoms with E-state index >= 15 is 0 Å². The van der Waals surface area contributed by atoms with Crippen LogP contribution in [0.4, 0.5) is 5.69 Å². The van der Waals surface area contributed by atoms with Crippen LogP contribution in [-0.4, -0.2) is 50.5 Å². The summed E-state index contributed by atoms with van der Waals surface area (Å²) < 4.78 is 26.7. The minimum absolute atomic E-state index is 0.0733. The van der Waals surface area contributed by atoms with Crippen LogP contribution in [0.15, 0.2) is 72.8 Å². The van der Waals surface area contributed by atoms with E-state index in [0.29, 0.717) is 29.2 Å². The Morgan fingerprint density at radius 1 is 0.951 bits per heavy atom. The first-order valence-corrected chi connectivity index (χ1v) is 16.1. The summed E-state index contributed by atoms with van der Waals surface area (Å²) in [5.41, 5.74) is 4.08. The maximum atomic E-state index is 13.9. The molecule has 0 aliphatic carbocycles. The lowest BCUT2D eigenvalue weighted by Crippen LogP contribution is -2.50. The molecule has 0 radical (unpaired) electrons. The molecular weight excluding hydrogens is 558 g/mol. The van der Waals surface area contributed by atoms with E-state index in [-0.39, 0.29) is 37.7 Å².